The summed E-state index contributed by atoms with van der Waals surface area (Å²) < 4.78 is 0. The van der Waals surface area contributed by atoms with Gasteiger partial charge in [-0.3, -0.25) is 9.80 Å². The maximum absolute atomic E-state index is 3.29. The van der Waals surface area contributed by atoms with E-state index >= 15 is 0 Å². The Balaban J connectivity index is 1.74. The van der Waals surface area contributed by atoms with Crippen LogP contribution < -0.4 is 5.32 Å². The lowest BCUT2D eigenvalue weighted by Crippen LogP contribution is -2.52. The molecule has 2 unspecified atom stereocenters. The highest BCUT2D eigenvalue weighted by atomic mass is 15.3. The number of hydrogen-bond donors (Lipinski definition) is 1. The van der Waals surface area contributed by atoms with E-state index in [4.69, 9.17) is 0 Å². The SMILES string of the molecule is CNCC(C)C(C)N1CCN(C2CC2)CC1. The Morgan fingerprint density at radius 1 is 1.12 bits per heavy atom. The zero-order chi connectivity index (χ0) is 11.5. The van der Waals surface area contributed by atoms with Gasteiger partial charge < -0.3 is 5.32 Å². The molecule has 1 saturated heterocycles. The number of nitrogens with zero attached hydrogens (tertiary/aromatic N) is 2. The van der Waals surface area contributed by atoms with Crippen molar-refractivity contribution in [2.75, 3.05) is 39.8 Å². The van der Waals surface area contributed by atoms with Crippen molar-refractivity contribution in [2.45, 2.75) is 38.8 Å². The summed E-state index contributed by atoms with van der Waals surface area (Å²) in [6.07, 6.45) is 2.90. The van der Waals surface area contributed by atoms with Crippen molar-refractivity contribution in [2.24, 2.45) is 5.92 Å². The fourth-order valence-electron chi connectivity index (χ4n) is 2.80. The van der Waals surface area contributed by atoms with E-state index in [1.807, 2.05) is 7.05 Å². The van der Waals surface area contributed by atoms with E-state index in [0.29, 0.717) is 6.04 Å². The number of piperazine rings is 1. The second-order valence-electron chi connectivity index (χ2n) is 5.58. The molecule has 16 heavy (non-hydrogen) atoms. The average molecular weight is 225 g/mol. The summed E-state index contributed by atoms with van der Waals surface area (Å²) in [5.41, 5.74) is 0. The van der Waals surface area contributed by atoms with Gasteiger partial charge in [-0.25, -0.2) is 0 Å². The Bertz CT molecular complexity index is 207. The van der Waals surface area contributed by atoms with Gasteiger partial charge >= 0.3 is 0 Å². The molecule has 2 aliphatic rings. The van der Waals surface area contributed by atoms with Crippen molar-refractivity contribution >= 4 is 0 Å². The van der Waals surface area contributed by atoms with Crippen LogP contribution in [0.15, 0.2) is 0 Å². The van der Waals surface area contributed by atoms with Crippen molar-refractivity contribution < 1.29 is 0 Å². The third-order valence-corrected chi connectivity index (χ3v) is 4.34. The van der Waals surface area contributed by atoms with Crippen LogP contribution in [0.3, 0.4) is 0 Å². The number of nitrogens with one attached hydrogen (secondary N) is 1. The van der Waals surface area contributed by atoms with E-state index in [9.17, 15) is 0 Å². The lowest BCUT2D eigenvalue weighted by atomic mass is 10.0. The summed E-state index contributed by atoms with van der Waals surface area (Å²) in [7, 11) is 2.05. The summed E-state index contributed by atoms with van der Waals surface area (Å²) in [5.74, 6) is 0.748. The average Bonchev–Trinajstić information content (AvgIpc) is 3.12. The molecule has 0 amide bonds. The van der Waals surface area contributed by atoms with Crippen molar-refractivity contribution in [1.82, 2.24) is 15.1 Å². The highest BCUT2D eigenvalue weighted by Crippen LogP contribution is 2.28. The molecule has 2 atom stereocenters. The minimum Gasteiger partial charge on any atom is -0.319 e. The zero-order valence-corrected chi connectivity index (χ0v) is 11.1. The quantitative estimate of drug-likeness (QED) is 0.753. The maximum Gasteiger partial charge on any atom is 0.0113 e. The van der Waals surface area contributed by atoms with Gasteiger partial charge in [-0.05, 0) is 39.3 Å². The van der Waals surface area contributed by atoms with Crippen molar-refractivity contribution in [3.05, 3.63) is 0 Å². The Kier molecular flexibility index (Phi) is 4.22. The van der Waals surface area contributed by atoms with E-state index in [1.165, 1.54) is 39.0 Å². The van der Waals surface area contributed by atoms with Gasteiger partial charge in [0.1, 0.15) is 0 Å². The predicted molar refractivity (Wildman–Crippen MR) is 68.7 cm³/mol. The zero-order valence-electron chi connectivity index (χ0n) is 11.1. The molecule has 1 aliphatic carbocycles. The highest BCUT2D eigenvalue weighted by molar-refractivity contribution is 4.89. The van der Waals surface area contributed by atoms with Crippen LogP contribution in [0.4, 0.5) is 0 Å². The normalized spacial score (nSPS) is 27.9. The lowest BCUT2D eigenvalue weighted by Gasteiger charge is -2.40. The largest absolute Gasteiger partial charge is 0.319 e. The van der Waals surface area contributed by atoms with Crippen molar-refractivity contribution in [1.29, 1.82) is 0 Å². The molecule has 0 aromatic heterocycles. The summed E-state index contributed by atoms with van der Waals surface area (Å²) in [5, 5.41) is 3.29. The van der Waals surface area contributed by atoms with Crippen molar-refractivity contribution in [3.8, 4) is 0 Å². The summed E-state index contributed by atoms with van der Waals surface area (Å²) >= 11 is 0. The van der Waals surface area contributed by atoms with E-state index in [-0.39, 0.29) is 0 Å². The highest BCUT2D eigenvalue weighted by Gasteiger charge is 2.32. The maximum atomic E-state index is 3.29. The van der Waals surface area contributed by atoms with Gasteiger partial charge in [-0.1, -0.05) is 6.92 Å². The summed E-state index contributed by atoms with van der Waals surface area (Å²) in [6, 6.07) is 1.67. The van der Waals surface area contributed by atoms with Gasteiger partial charge in [0.25, 0.3) is 0 Å². The van der Waals surface area contributed by atoms with Crippen LogP contribution in [0.25, 0.3) is 0 Å². The molecule has 94 valence electrons. The van der Waals surface area contributed by atoms with Crippen molar-refractivity contribution in [3.63, 3.8) is 0 Å². The molecule has 0 aromatic rings. The minimum atomic E-state index is 0.716. The first kappa shape index (κ1) is 12.3. The lowest BCUT2D eigenvalue weighted by molar-refractivity contribution is 0.0770. The van der Waals surface area contributed by atoms with Gasteiger partial charge in [0, 0.05) is 38.3 Å². The first-order valence-electron chi connectivity index (χ1n) is 6.85. The van der Waals surface area contributed by atoms with E-state index in [2.05, 4.69) is 29.0 Å². The summed E-state index contributed by atoms with van der Waals surface area (Å²) in [4.78, 5) is 5.35. The van der Waals surface area contributed by atoms with E-state index in [1.54, 1.807) is 0 Å². The van der Waals surface area contributed by atoms with Crippen LogP contribution in [0, 0.1) is 5.92 Å². The second-order valence-corrected chi connectivity index (χ2v) is 5.58. The smallest absolute Gasteiger partial charge is 0.0113 e. The molecule has 0 radical (unpaired) electrons. The molecule has 3 heteroatoms. The Hall–Kier alpha value is -0.120. The molecule has 0 spiro atoms. The van der Waals surface area contributed by atoms with E-state index < -0.39 is 0 Å². The van der Waals surface area contributed by atoms with Gasteiger partial charge in [0.2, 0.25) is 0 Å². The standard InChI is InChI=1S/C13H27N3/c1-11(10-14-3)12(2)15-6-8-16(9-7-15)13-4-5-13/h11-14H,4-10H2,1-3H3. The summed E-state index contributed by atoms with van der Waals surface area (Å²) in [6.45, 7) is 11.0. The molecule has 1 saturated carbocycles. The number of rotatable bonds is 5. The van der Waals surface area contributed by atoms with Gasteiger partial charge in [-0.15, -0.1) is 0 Å². The van der Waals surface area contributed by atoms with Crippen LogP contribution in [-0.4, -0.2) is 61.7 Å². The minimum absolute atomic E-state index is 0.716. The molecule has 0 bridgehead atoms. The third kappa shape index (κ3) is 2.96. The molecular weight excluding hydrogens is 198 g/mol. The first-order valence-corrected chi connectivity index (χ1v) is 6.85. The van der Waals surface area contributed by atoms with Gasteiger partial charge in [-0.2, -0.15) is 0 Å². The second kappa shape index (κ2) is 5.48. The molecule has 1 heterocycles. The molecule has 1 N–H and O–H groups in total. The monoisotopic (exact) mass is 225 g/mol. The number of hydrogen-bond acceptors (Lipinski definition) is 3. The fourth-order valence-corrected chi connectivity index (χ4v) is 2.80. The van der Waals surface area contributed by atoms with Gasteiger partial charge in [0.15, 0.2) is 0 Å². The van der Waals surface area contributed by atoms with Gasteiger partial charge in [0.05, 0.1) is 0 Å². The van der Waals surface area contributed by atoms with Crippen LogP contribution >= 0.6 is 0 Å². The molecular formula is C13H27N3. The Labute approximate surface area is 100 Å². The third-order valence-electron chi connectivity index (χ3n) is 4.34. The molecule has 1 aliphatic heterocycles. The van der Waals surface area contributed by atoms with Crippen LogP contribution in [-0.2, 0) is 0 Å². The van der Waals surface area contributed by atoms with Crippen LogP contribution in [0.1, 0.15) is 26.7 Å². The molecule has 3 nitrogen and oxygen atoms in total. The molecule has 0 aromatic carbocycles. The topological polar surface area (TPSA) is 18.5 Å². The van der Waals surface area contributed by atoms with E-state index in [0.717, 1.165) is 18.5 Å². The fraction of sp³-hybridized carbons (Fsp3) is 1.00. The molecule has 2 fully saturated rings. The molecule has 2 rings (SSSR count). The first-order chi connectivity index (χ1) is 7.72. The Morgan fingerprint density at radius 3 is 2.25 bits per heavy atom. The van der Waals surface area contributed by atoms with Crippen LogP contribution in [0.2, 0.25) is 0 Å². The van der Waals surface area contributed by atoms with Crippen LogP contribution in [0.5, 0.6) is 0 Å². The predicted octanol–water partition coefficient (Wildman–Crippen LogP) is 1.01. The Morgan fingerprint density at radius 2 is 1.75 bits per heavy atom.